The van der Waals surface area contributed by atoms with E-state index in [1.54, 1.807) is 20.3 Å². The number of nitrogens with two attached hydrogens (primary N) is 1. The van der Waals surface area contributed by atoms with E-state index in [4.69, 9.17) is 15.2 Å². The molecule has 0 aromatic carbocycles. The fourth-order valence-corrected chi connectivity index (χ4v) is 2.61. The van der Waals surface area contributed by atoms with Crippen molar-refractivity contribution in [3.63, 3.8) is 0 Å². The van der Waals surface area contributed by atoms with Gasteiger partial charge in [-0.3, -0.25) is 0 Å². The van der Waals surface area contributed by atoms with Crippen molar-refractivity contribution in [3.05, 3.63) is 6.07 Å². The zero-order chi connectivity index (χ0) is 13.7. The minimum Gasteiger partial charge on any atom is -0.481 e. The van der Waals surface area contributed by atoms with Gasteiger partial charge in [0.2, 0.25) is 17.7 Å². The molecule has 0 spiro atoms. The third kappa shape index (κ3) is 3.47. The number of rotatable bonds is 6. The van der Waals surface area contributed by atoms with Gasteiger partial charge in [-0.1, -0.05) is 6.42 Å². The lowest BCUT2D eigenvalue weighted by Gasteiger charge is -2.18. The van der Waals surface area contributed by atoms with Crippen LogP contribution in [0.25, 0.3) is 0 Å². The van der Waals surface area contributed by atoms with E-state index in [1.807, 2.05) is 0 Å². The molecule has 1 fully saturated rings. The molecule has 2 rings (SSSR count). The summed E-state index contributed by atoms with van der Waals surface area (Å²) in [5.74, 6) is 2.75. The second kappa shape index (κ2) is 6.56. The Balaban J connectivity index is 1.98. The summed E-state index contributed by atoms with van der Waals surface area (Å²) in [6, 6.07) is 1.66. The molecule has 0 bridgehead atoms. The zero-order valence-electron chi connectivity index (χ0n) is 11.6. The number of aromatic nitrogens is 2. The summed E-state index contributed by atoms with van der Waals surface area (Å²) in [5.41, 5.74) is 5.79. The summed E-state index contributed by atoms with van der Waals surface area (Å²) in [7, 11) is 3.15. The van der Waals surface area contributed by atoms with E-state index in [0.717, 1.165) is 13.1 Å². The van der Waals surface area contributed by atoms with Crippen LogP contribution in [-0.2, 0) is 0 Å². The summed E-state index contributed by atoms with van der Waals surface area (Å²) in [6.07, 6.45) is 3.71. The average molecular weight is 266 g/mol. The Hall–Kier alpha value is -1.56. The Labute approximate surface area is 113 Å². The zero-order valence-corrected chi connectivity index (χ0v) is 11.6. The van der Waals surface area contributed by atoms with Crippen molar-refractivity contribution in [2.45, 2.75) is 19.3 Å². The molecule has 6 nitrogen and oxygen atoms in total. The Morgan fingerprint density at radius 3 is 2.42 bits per heavy atom. The maximum absolute atomic E-state index is 5.79. The van der Waals surface area contributed by atoms with Crippen molar-refractivity contribution in [2.24, 2.45) is 17.6 Å². The lowest BCUT2D eigenvalue weighted by atomic mass is 9.96. The minimum absolute atomic E-state index is 0.496. The second-order valence-corrected chi connectivity index (χ2v) is 4.84. The minimum atomic E-state index is 0.496. The summed E-state index contributed by atoms with van der Waals surface area (Å²) >= 11 is 0. The molecule has 1 heterocycles. The van der Waals surface area contributed by atoms with Crippen LogP contribution in [0.2, 0.25) is 0 Å². The van der Waals surface area contributed by atoms with Crippen LogP contribution in [0, 0.1) is 11.8 Å². The van der Waals surface area contributed by atoms with Gasteiger partial charge in [0.1, 0.15) is 0 Å². The van der Waals surface area contributed by atoms with Crippen molar-refractivity contribution in [3.8, 4) is 11.8 Å². The SMILES string of the molecule is COc1cc(OC)nc(NCC2CCCC2CN)n1. The van der Waals surface area contributed by atoms with Gasteiger partial charge in [0, 0.05) is 6.54 Å². The summed E-state index contributed by atoms with van der Waals surface area (Å²) in [6.45, 7) is 1.60. The van der Waals surface area contributed by atoms with Crippen LogP contribution >= 0.6 is 0 Å². The van der Waals surface area contributed by atoms with Crippen molar-refractivity contribution in [2.75, 3.05) is 32.6 Å². The molecule has 106 valence electrons. The molecule has 0 aliphatic heterocycles. The van der Waals surface area contributed by atoms with E-state index in [1.165, 1.54) is 19.3 Å². The molecule has 19 heavy (non-hydrogen) atoms. The molecule has 1 aliphatic carbocycles. The third-order valence-electron chi connectivity index (χ3n) is 3.74. The van der Waals surface area contributed by atoms with Gasteiger partial charge in [0.05, 0.1) is 20.3 Å². The van der Waals surface area contributed by atoms with Crippen LogP contribution in [-0.4, -0.2) is 37.3 Å². The number of nitrogens with zero attached hydrogens (tertiary/aromatic N) is 2. The molecule has 0 radical (unpaired) electrons. The van der Waals surface area contributed by atoms with Crippen LogP contribution in [0.15, 0.2) is 6.07 Å². The molecule has 1 aliphatic rings. The smallest absolute Gasteiger partial charge is 0.229 e. The maximum Gasteiger partial charge on any atom is 0.229 e. The maximum atomic E-state index is 5.79. The second-order valence-electron chi connectivity index (χ2n) is 4.84. The Bertz CT molecular complexity index is 391. The first kappa shape index (κ1) is 13.9. The van der Waals surface area contributed by atoms with Crippen LogP contribution < -0.4 is 20.5 Å². The molecule has 3 N–H and O–H groups in total. The molecule has 0 saturated heterocycles. The summed E-state index contributed by atoms with van der Waals surface area (Å²) < 4.78 is 10.2. The van der Waals surface area contributed by atoms with E-state index in [2.05, 4.69) is 15.3 Å². The number of ether oxygens (including phenoxy) is 2. The Morgan fingerprint density at radius 2 is 1.84 bits per heavy atom. The topological polar surface area (TPSA) is 82.3 Å². The molecule has 2 atom stereocenters. The van der Waals surface area contributed by atoms with Gasteiger partial charge in [-0.05, 0) is 31.2 Å². The largest absolute Gasteiger partial charge is 0.481 e. The molecule has 2 unspecified atom stereocenters. The fraction of sp³-hybridized carbons (Fsp3) is 0.692. The van der Waals surface area contributed by atoms with Gasteiger partial charge in [0.15, 0.2) is 0 Å². The average Bonchev–Trinajstić information content (AvgIpc) is 2.92. The predicted octanol–water partition coefficient (Wildman–Crippen LogP) is 1.28. The fourth-order valence-electron chi connectivity index (χ4n) is 2.61. The first-order valence-electron chi connectivity index (χ1n) is 6.67. The Kier molecular flexibility index (Phi) is 4.79. The highest BCUT2D eigenvalue weighted by molar-refractivity contribution is 5.33. The molecule has 1 aromatic heterocycles. The normalized spacial score (nSPS) is 22.3. The molecule has 1 saturated carbocycles. The van der Waals surface area contributed by atoms with Crippen LogP contribution in [0.1, 0.15) is 19.3 Å². The number of anilines is 1. The van der Waals surface area contributed by atoms with Crippen molar-refractivity contribution >= 4 is 5.95 Å². The molecular weight excluding hydrogens is 244 g/mol. The van der Waals surface area contributed by atoms with Gasteiger partial charge >= 0.3 is 0 Å². The van der Waals surface area contributed by atoms with E-state index in [0.29, 0.717) is 29.5 Å². The molecule has 6 heteroatoms. The van der Waals surface area contributed by atoms with E-state index >= 15 is 0 Å². The van der Waals surface area contributed by atoms with Gasteiger partial charge in [-0.2, -0.15) is 9.97 Å². The first-order chi connectivity index (χ1) is 9.26. The summed E-state index contributed by atoms with van der Waals surface area (Å²) in [5, 5.41) is 3.26. The van der Waals surface area contributed by atoms with Gasteiger partial charge in [-0.25, -0.2) is 0 Å². The van der Waals surface area contributed by atoms with Crippen molar-refractivity contribution in [1.29, 1.82) is 0 Å². The van der Waals surface area contributed by atoms with Gasteiger partial charge < -0.3 is 20.5 Å². The van der Waals surface area contributed by atoms with Gasteiger partial charge in [-0.15, -0.1) is 0 Å². The Morgan fingerprint density at radius 1 is 1.21 bits per heavy atom. The van der Waals surface area contributed by atoms with E-state index in [9.17, 15) is 0 Å². The highest BCUT2D eigenvalue weighted by Gasteiger charge is 2.25. The third-order valence-corrected chi connectivity index (χ3v) is 3.74. The van der Waals surface area contributed by atoms with Crippen molar-refractivity contribution in [1.82, 2.24) is 9.97 Å². The lowest BCUT2D eigenvalue weighted by molar-refractivity contribution is 0.371. The highest BCUT2D eigenvalue weighted by atomic mass is 16.5. The highest BCUT2D eigenvalue weighted by Crippen LogP contribution is 2.31. The van der Waals surface area contributed by atoms with Crippen LogP contribution in [0.5, 0.6) is 11.8 Å². The number of hydrogen-bond donors (Lipinski definition) is 2. The molecule has 0 amide bonds. The monoisotopic (exact) mass is 266 g/mol. The van der Waals surface area contributed by atoms with Crippen molar-refractivity contribution < 1.29 is 9.47 Å². The quantitative estimate of drug-likeness (QED) is 0.807. The van der Waals surface area contributed by atoms with Gasteiger partial charge in [0.25, 0.3) is 0 Å². The number of nitrogens with one attached hydrogen (secondary N) is 1. The van der Waals surface area contributed by atoms with Crippen LogP contribution in [0.3, 0.4) is 0 Å². The van der Waals surface area contributed by atoms with Crippen LogP contribution in [0.4, 0.5) is 5.95 Å². The molecule has 1 aromatic rings. The first-order valence-corrected chi connectivity index (χ1v) is 6.67. The molecular formula is C13H22N4O2. The number of hydrogen-bond acceptors (Lipinski definition) is 6. The predicted molar refractivity (Wildman–Crippen MR) is 73.5 cm³/mol. The number of methoxy groups -OCH3 is 2. The lowest BCUT2D eigenvalue weighted by Crippen LogP contribution is -2.24. The summed E-state index contributed by atoms with van der Waals surface area (Å²) in [4.78, 5) is 8.51. The van der Waals surface area contributed by atoms with E-state index in [-0.39, 0.29) is 0 Å². The standard InChI is InChI=1S/C13H22N4O2/c1-18-11-6-12(19-2)17-13(16-11)15-8-10-5-3-4-9(10)7-14/h6,9-10H,3-5,7-8,14H2,1-2H3,(H,15,16,17). The van der Waals surface area contributed by atoms with E-state index < -0.39 is 0 Å².